The van der Waals surface area contributed by atoms with Crippen LogP contribution in [0.25, 0.3) is 0 Å². The first-order valence-electron chi connectivity index (χ1n) is 9.14. The average Bonchev–Trinajstić information content (AvgIpc) is 2.64. The lowest BCUT2D eigenvalue weighted by atomic mass is 10.0. The predicted molar refractivity (Wildman–Crippen MR) is 107 cm³/mol. The van der Waals surface area contributed by atoms with Gasteiger partial charge in [0.05, 0.1) is 12.7 Å². The van der Waals surface area contributed by atoms with Crippen molar-refractivity contribution in [2.24, 2.45) is 5.92 Å². The molecule has 0 heterocycles. The van der Waals surface area contributed by atoms with Gasteiger partial charge in [-0.25, -0.2) is 22.0 Å². The summed E-state index contributed by atoms with van der Waals surface area (Å²) in [4.78, 5) is 0. The van der Waals surface area contributed by atoms with Crippen molar-refractivity contribution in [3.63, 3.8) is 0 Å². The van der Waals surface area contributed by atoms with Gasteiger partial charge in [0.2, 0.25) is 11.5 Å². The van der Waals surface area contributed by atoms with E-state index in [-0.39, 0.29) is 12.0 Å². The normalized spacial score (nSPS) is 15.1. The van der Waals surface area contributed by atoms with Crippen molar-refractivity contribution in [1.82, 2.24) is 0 Å². The van der Waals surface area contributed by atoms with Crippen LogP contribution in [0.4, 0.5) is 22.0 Å². The Balaban J connectivity index is 2.97. The fourth-order valence-electron chi connectivity index (χ4n) is 2.37. The maximum Gasteiger partial charge on any atom is 0.247 e. The van der Waals surface area contributed by atoms with Crippen molar-refractivity contribution in [3.8, 4) is 0 Å². The SMILES string of the molecule is CCCCC(CC)COP(=S)(OC(C)C)SCc1c(F)c(F)c(F)c(F)c1F. The van der Waals surface area contributed by atoms with Gasteiger partial charge in [-0.15, -0.1) is 0 Å². The van der Waals surface area contributed by atoms with E-state index >= 15 is 0 Å². The van der Waals surface area contributed by atoms with Gasteiger partial charge < -0.3 is 9.05 Å². The summed E-state index contributed by atoms with van der Waals surface area (Å²) in [6, 6.07) is 0. The fourth-order valence-corrected chi connectivity index (χ4v) is 7.16. The topological polar surface area (TPSA) is 18.5 Å². The molecule has 0 radical (unpaired) electrons. The first-order valence-corrected chi connectivity index (χ1v) is 13.4. The number of benzene rings is 1. The second-order valence-electron chi connectivity index (χ2n) is 6.64. The minimum atomic E-state index is -3.04. The van der Waals surface area contributed by atoms with E-state index in [0.29, 0.717) is 6.61 Å². The first-order chi connectivity index (χ1) is 13.1. The number of rotatable bonds is 12. The lowest BCUT2D eigenvalue weighted by molar-refractivity contribution is 0.187. The molecule has 1 rings (SSSR count). The molecule has 2 nitrogen and oxygen atoms in total. The van der Waals surface area contributed by atoms with Gasteiger partial charge in [0.25, 0.3) is 0 Å². The van der Waals surface area contributed by atoms with Crippen molar-refractivity contribution in [3.05, 3.63) is 34.6 Å². The molecule has 0 saturated carbocycles. The molecule has 0 aliphatic carbocycles. The Labute approximate surface area is 172 Å². The molecule has 0 fully saturated rings. The van der Waals surface area contributed by atoms with Gasteiger partial charge in [0.15, 0.2) is 23.3 Å². The summed E-state index contributed by atoms with van der Waals surface area (Å²) >= 11 is 6.24. The molecular weight excluding hydrogens is 438 g/mol. The van der Waals surface area contributed by atoms with Crippen molar-refractivity contribution in [2.45, 2.75) is 65.2 Å². The minimum Gasteiger partial charge on any atom is -0.321 e. The van der Waals surface area contributed by atoms with Crippen LogP contribution in [0, 0.1) is 35.0 Å². The van der Waals surface area contributed by atoms with Gasteiger partial charge in [-0.05, 0) is 38.0 Å². The van der Waals surface area contributed by atoms with Gasteiger partial charge in [-0.3, -0.25) is 0 Å². The second-order valence-corrected chi connectivity index (χ2v) is 12.9. The van der Waals surface area contributed by atoms with E-state index in [1.807, 2.05) is 6.92 Å². The predicted octanol–water partition coefficient (Wildman–Crippen LogP) is 7.50. The van der Waals surface area contributed by atoms with Crippen LogP contribution < -0.4 is 0 Å². The first kappa shape index (κ1) is 25.8. The third-order valence-electron chi connectivity index (χ3n) is 4.02. The van der Waals surface area contributed by atoms with Gasteiger partial charge in [-0.1, -0.05) is 44.5 Å². The van der Waals surface area contributed by atoms with E-state index in [1.165, 1.54) is 0 Å². The number of halogens is 5. The van der Waals surface area contributed by atoms with Crippen LogP contribution in [0.5, 0.6) is 0 Å². The summed E-state index contributed by atoms with van der Waals surface area (Å²) in [6.45, 7) is 7.90. The molecule has 0 aromatic heterocycles. The molecule has 162 valence electrons. The zero-order valence-electron chi connectivity index (χ0n) is 16.4. The Hall–Kier alpha value is -0.210. The van der Waals surface area contributed by atoms with Gasteiger partial charge in [-0.2, -0.15) is 0 Å². The summed E-state index contributed by atoms with van der Waals surface area (Å²) in [5.41, 5.74) is -3.97. The molecule has 0 N–H and O–H groups in total. The molecule has 1 aromatic rings. The monoisotopic (exact) mass is 464 g/mol. The standard InChI is InChI=1S/C18H26F5O2PS2/c1-5-7-8-12(6-2)9-24-26(27,25-11(3)4)28-10-13-14(19)16(21)18(23)17(22)15(13)20/h11-12H,5-10H2,1-4H3. The highest BCUT2D eigenvalue weighted by atomic mass is 32.9. The molecule has 0 spiro atoms. The molecule has 28 heavy (non-hydrogen) atoms. The zero-order valence-corrected chi connectivity index (χ0v) is 18.9. The molecule has 0 aliphatic rings. The number of hydrogen-bond acceptors (Lipinski definition) is 4. The Morgan fingerprint density at radius 3 is 1.96 bits per heavy atom. The van der Waals surface area contributed by atoms with Crippen molar-refractivity contribution in [2.75, 3.05) is 6.61 Å². The summed E-state index contributed by atoms with van der Waals surface area (Å²) < 4.78 is 79.3. The van der Waals surface area contributed by atoms with Crippen LogP contribution in [0.2, 0.25) is 0 Å². The lowest BCUT2D eigenvalue weighted by Gasteiger charge is -2.26. The van der Waals surface area contributed by atoms with E-state index in [0.717, 1.165) is 37.1 Å². The molecule has 1 aromatic carbocycles. The van der Waals surface area contributed by atoms with Gasteiger partial charge >= 0.3 is 0 Å². The molecule has 2 unspecified atom stereocenters. The molecular formula is C18H26F5O2PS2. The third-order valence-corrected chi connectivity index (χ3v) is 9.33. The van der Waals surface area contributed by atoms with Crippen molar-refractivity contribution >= 4 is 28.9 Å². The third kappa shape index (κ3) is 7.24. The van der Waals surface area contributed by atoms with Crippen LogP contribution in [-0.4, -0.2) is 12.7 Å². The molecule has 0 amide bonds. The van der Waals surface area contributed by atoms with Crippen LogP contribution in [0.1, 0.15) is 58.9 Å². The average molecular weight is 465 g/mol. The van der Waals surface area contributed by atoms with E-state index in [9.17, 15) is 22.0 Å². The van der Waals surface area contributed by atoms with E-state index in [2.05, 4.69) is 6.92 Å². The molecule has 2 atom stereocenters. The van der Waals surface area contributed by atoms with E-state index < -0.39 is 46.1 Å². The van der Waals surface area contributed by atoms with Crippen molar-refractivity contribution in [1.29, 1.82) is 0 Å². The quantitative estimate of drug-likeness (QED) is 0.138. The smallest absolute Gasteiger partial charge is 0.247 e. The highest BCUT2D eigenvalue weighted by Gasteiger charge is 2.29. The van der Waals surface area contributed by atoms with Crippen LogP contribution in [0.15, 0.2) is 0 Å². The van der Waals surface area contributed by atoms with Gasteiger partial charge in [0, 0.05) is 11.3 Å². The summed E-state index contributed by atoms with van der Waals surface area (Å²) in [5, 5.41) is 0. The van der Waals surface area contributed by atoms with Crippen LogP contribution in [0.3, 0.4) is 0 Å². The largest absolute Gasteiger partial charge is 0.321 e. The minimum absolute atomic E-state index is 0.257. The highest BCUT2D eigenvalue weighted by Crippen LogP contribution is 2.63. The Kier molecular flexibility index (Phi) is 10.9. The maximum absolute atomic E-state index is 13.9. The summed E-state index contributed by atoms with van der Waals surface area (Å²) in [6.07, 6.45) is 3.59. The number of unbranched alkanes of at least 4 members (excludes halogenated alkanes) is 1. The molecule has 0 aliphatic heterocycles. The molecule has 10 heteroatoms. The van der Waals surface area contributed by atoms with Crippen molar-refractivity contribution < 1.29 is 31.0 Å². The van der Waals surface area contributed by atoms with Crippen LogP contribution in [-0.2, 0) is 26.6 Å². The van der Waals surface area contributed by atoms with Gasteiger partial charge in [0.1, 0.15) is 0 Å². The summed E-state index contributed by atoms with van der Waals surface area (Å²) in [5.74, 6) is -10.1. The number of hydrogen-bond donors (Lipinski definition) is 0. The Morgan fingerprint density at radius 2 is 1.50 bits per heavy atom. The molecule has 0 bridgehead atoms. The summed E-state index contributed by atoms with van der Waals surface area (Å²) in [7, 11) is 0. The highest BCUT2D eigenvalue weighted by molar-refractivity contribution is 8.67. The molecule has 0 saturated heterocycles. The zero-order chi connectivity index (χ0) is 21.5. The van der Waals surface area contributed by atoms with E-state index in [4.69, 9.17) is 20.9 Å². The second kappa shape index (κ2) is 11.8. The fraction of sp³-hybridized carbons (Fsp3) is 0.667. The Morgan fingerprint density at radius 1 is 0.964 bits per heavy atom. The maximum atomic E-state index is 13.9. The van der Waals surface area contributed by atoms with Crippen LogP contribution >= 0.6 is 17.1 Å². The lowest BCUT2D eigenvalue weighted by Crippen LogP contribution is -2.10. The van der Waals surface area contributed by atoms with E-state index in [1.54, 1.807) is 13.8 Å². The Bertz CT molecular complexity index is 674.